The molecular formula is C23H29N7O4S. The first kappa shape index (κ1) is 24.6. The predicted octanol–water partition coefficient (Wildman–Crippen LogP) is 2.00. The molecule has 35 heavy (non-hydrogen) atoms. The molecule has 1 atom stereocenters. The Labute approximate surface area is 204 Å². The number of H-pyrrole nitrogens is 1. The van der Waals surface area contributed by atoms with E-state index in [2.05, 4.69) is 30.5 Å². The van der Waals surface area contributed by atoms with Crippen molar-refractivity contribution in [3.05, 3.63) is 54.2 Å². The lowest BCUT2D eigenvalue weighted by Gasteiger charge is -2.34. The Kier molecular flexibility index (Phi) is 7.61. The van der Waals surface area contributed by atoms with Crippen molar-refractivity contribution in [2.24, 2.45) is 0 Å². The molecule has 0 bridgehead atoms. The number of hydrogen-bond acceptors (Lipinski definition) is 8. The predicted molar refractivity (Wildman–Crippen MR) is 133 cm³/mol. The molecule has 0 aliphatic carbocycles. The zero-order valence-corrected chi connectivity index (χ0v) is 20.5. The molecule has 3 aromatic rings. The van der Waals surface area contributed by atoms with Crippen molar-refractivity contribution in [1.82, 2.24) is 25.3 Å². The third-order valence-corrected chi connectivity index (χ3v) is 6.29. The minimum atomic E-state index is -3.27. The summed E-state index contributed by atoms with van der Waals surface area (Å²) >= 11 is 0. The summed E-state index contributed by atoms with van der Waals surface area (Å²) in [6, 6.07) is 8.64. The number of imidazole rings is 1. The van der Waals surface area contributed by atoms with Crippen LogP contribution in [0.4, 0.5) is 16.3 Å². The average molecular weight is 500 g/mol. The lowest BCUT2D eigenvalue weighted by atomic mass is 10.2. The van der Waals surface area contributed by atoms with Crippen molar-refractivity contribution in [1.29, 1.82) is 0 Å². The van der Waals surface area contributed by atoms with Gasteiger partial charge in [0.25, 0.3) is 0 Å². The minimum absolute atomic E-state index is 0.107. The summed E-state index contributed by atoms with van der Waals surface area (Å²) in [5.74, 6) is 0.922. The molecule has 11 nitrogen and oxygen atoms in total. The molecular weight excluding hydrogens is 470 g/mol. The Morgan fingerprint density at radius 3 is 2.74 bits per heavy atom. The highest BCUT2D eigenvalue weighted by Gasteiger charge is 2.22. The van der Waals surface area contributed by atoms with E-state index in [4.69, 9.17) is 9.72 Å². The fraction of sp³-hybridized carbons (Fsp3) is 0.391. The van der Waals surface area contributed by atoms with Crippen molar-refractivity contribution in [2.45, 2.75) is 25.1 Å². The highest BCUT2D eigenvalue weighted by atomic mass is 32.2. The van der Waals surface area contributed by atoms with E-state index in [1.165, 1.54) is 6.26 Å². The number of carbonyl (C=O) groups excluding carboxylic acids is 1. The molecule has 2 aromatic heterocycles. The standard InChI is InChI=1S/C23H29N7O4S/c1-16-13-34-10-9-30(16)21-11-20(14-35(2,32)33)27-22(29-21)17-3-5-18(6-4-17)28-23(31)25-8-7-19-12-24-15-26-19/h3-6,11-12,15-16H,7-10,13-14H2,1-2H3,(H,24,26)(H2,25,28,31)/t16-/m0/s1. The second-order valence-corrected chi connectivity index (χ2v) is 10.7. The van der Waals surface area contributed by atoms with E-state index in [0.717, 1.165) is 5.69 Å². The zero-order valence-electron chi connectivity index (χ0n) is 19.7. The van der Waals surface area contributed by atoms with E-state index < -0.39 is 9.84 Å². The molecule has 0 unspecified atom stereocenters. The third-order valence-electron chi connectivity index (χ3n) is 5.47. The van der Waals surface area contributed by atoms with Crippen molar-refractivity contribution in [3.63, 3.8) is 0 Å². The number of urea groups is 1. The van der Waals surface area contributed by atoms with Gasteiger partial charge in [-0.15, -0.1) is 0 Å². The number of nitrogens with zero attached hydrogens (tertiary/aromatic N) is 4. The number of ether oxygens (including phenoxy) is 1. The van der Waals surface area contributed by atoms with Gasteiger partial charge >= 0.3 is 6.03 Å². The fourth-order valence-corrected chi connectivity index (χ4v) is 4.46. The van der Waals surface area contributed by atoms with Crippen LogP contribution in [0, 0.1) is 0 Å². The Balaban J connectivity index is 1.48. The number of benzene rings is 1. The van der Waals surface area contributed by atoms with Gasteiger partial charge in [0.15, 0.2) is 15.7 Å². The van der Waals surface area contributed by atoms with Crippen LogP contribution in [0.1, 0.15) is 18.3 Å². The molecule has 1 saturated heterocycles. The Bertz CT molecular complexity index is 1250. The van der Waals surface area contributed by atoms with Gasteiger partial charge < -0.3 is 25.3 Å². The van der Waals surface area contributed by atoms with Gasteiger partial charge in [0, 0.05) is 55.0 Å². The van der Waals surface area contributed by atoms with Crippen molar-refractivity contribution in [3.8, 4) is 11.4 Å². The van der Waals surface area contributed by atoms with Gasteiger partial charge in [0.05, 0.1) is 37.0 Å². The Morgan fingerprint density at radius 2 is 2.06 bits per heavy atom. The van der Waals surface area contributed by atoms with E-state index in [9.17, 15) is 13.2 Å². The second-order valence-electron chi connectivity index (χ2n) is 8.51. The van der Waals surface area contributed by atoms with E-state index in [1.54, 1.807) is 42.9 Å². The molecule has 2 amide bonds. The Morgan fingerprint density at radius 1 is 1.26 bits per heavy atom. The van der Waals surface area contributed by atoms with Crippen LogP contribution < -0.4 is 15.5 Å². The van der Waals surface area contributed by atoms with Crippen molar-refractivity contribution in [2.75, 3.05) is 42.8 Å². The summed E-state index contributed by atoms with van der Waals surface area (Å²) < 4.78 is 29.4. The SMILES string of the molecule is C[C@H]1COCCN1c1cc(CS(C)(=O)=O)nc(-c2ccc(NC(=O)NCCc3cnc[nH]3)cc2)n1. The number of aromatic amines is 1. The fourth-order valence-electron chi connectivity index (χ4n) is 3.78. The van der Waals surface area contributed by atoms with Crippen LogP contribution in [0.3, 0.4) is 0 Å². The smallest absolute Gasteiger partial charge is 0.319 e. The van der Waals surface area contributed by atoms with Crippen LogP contribution in [-0.4, -0.2) is 73.0 Å². The number of nitrogens with one attached hydrogen (secondary N) is 3. The molecule has 3 heterocycles. The summed E-state index contributed by atoms with van der Waals surface area (Å²) in [5, 5.41) is 5.59. The topological polar surface area (TPSA) is 142 Å². The van der Waals surface area contributed by atoms with Gasteiger partial charge in [-0.25, -0.2) is 28.2 Å². The van der Waals surface area contributed by atoms with Gasteiger partial charge in [-0.3, -0.25) is 0 Å². The number of sulfone groups is 1. The van der Waals surface area contributed by atoms with Gasteiger partial charge in [-0.2, -0.15) is 0 Å². The van der Waals surface area contributed by atoms with Crippen LogP contribution in [-0.2, 0) is 26.7 Å². The minimum Gasteiger partial charge on any atom is -0.377 e. The van der Waals surface area contributed by atoms with E-state index in [-0.39, 0.29) is 17.8 Å². The largest absolute Gasteiger partial charge is 0.377 e. The number of hydrogen-bond donors (Lipinski definition) is 3. The number of morpholine rings is 1. The number of aromatic nitrogens is 4. The van der Waals surface area contributed by atoms with Crippen molar-refractivity contribution >= 4 is 27.4 Å². The molecule has 1 aliphatic heterocycles. The highest BCUT2D eigenvalue weighted by Crippen LogP contribution is 2.25. The first-order valence-electron chi connectivity index (χ1n) is 11.3. The molecule has 0 radical (unpaired) electrons. The van der Waals surface area contributed by atoms with Gasteiger partial charge in [-0.1, -0.05) is 0 Å². The van der Waals surface area contributed by atoms with Gasteiger partial charge in [0.2, 0.25) is 0 Å². The lowest BCUT2D eigenvalue weighted by Crippen LogP contribution is -2.44. The number of anilines is 2. The number of amides is 2. The zero-order chi connectivity index (χ0) is 24.8. The number of carbonyl (C=O) groups is 1. The van der Waals surface area contributed by atoms with E-state index in [0.29, 0.717) is 61.3 Å². The maximum absolute atomic E-state index is 12.2. The van der Waals surface area contributed by atoms with Crippen LogP contribution in [0.15, 0.2) is 42.9 Å². The van der Waals surface area contributed by atoms with Crippen molar-refractivity contribution < 1.29 is 17.9 Å². The second kappa shape index (κ2) is 10.8. The molecule has 0 spiro atoms. The van der Waals surface area contributed by atoms with Gasteiger partial charge in [-0.05, 0) is 31.2 Å². The molecule has 3 N–H and O–H groups in total. The van der Waals surface area contributed by atoms with E-state index >= 15 is 0 Å². The Hall–Kier alpha value is -3.51. The van der Waals surface area contributed by atoms with Crippen LogP contribution >= 0.6 is 0 Å². The summed E-state index contributed by atoms with van der Waals surface area (Å²) in [6.45, 7) is 4.32. The highest BCUT2D eigenvalue weighted by molar-refractivity contribution is 7.89. The third kappa shape index (κ3) is 6.99. The quantitative estimate of drug-likeness (QED) is 0.427. The van der Waals surface area contributed by atoms with Crippen LogP contribution in [0.25, 0.3) is 11.4 Å². The molecule has 0 saturated carbocycles. The summed E-state index contributed by atoms with van der Waals surface area (Å²) in [4.78, 5) is 30.4. The maximum atomic E-state index is 12.2. The molecule has 186 valence electrons. The average Bonchev–Trinajstić information content (AvgIpc) is 3.32. The maximum Gasteiger partial charge on any atom is 0.319 e. The molecule has 1 aliphatic rings. The van der Waals surface area contributed by atoms with Crippen LogP contribution in [0.2, 0.25) is 0 Å². The first-order valence-corrected chi connectivity index (χ1v) is 13.4. The molecule has 4 rings (SSSR count). The summed E-state index contributed by atoms with van der Waals surface area (Å²) in [6.07, 6.45) is 5.16. The number of rotatable bonds is 8. The summed E-state index contributed by atoms with van der Waals surface area (Å²) in [5.41, 5.74) is 2.71. The first-order chi connectivity index (χ1) is 16.8. The normalized spacial score (nSPS) is 16.2. The molecule has 1 fully saturated rings. The van der Waals surface area contributed by atoms with Crippen LogP contribution in [0.5, 0.6) is 0 Å². The lowest BCUT2D eigenvalue weighted by molar-refractivity contribution is 0.0985. The van der Waals surface area contributed by atoms with E-state index in [1.807, 2.05) is 6.92 Å². The monoisotopic (exact) mass is 499 g/mol. The van der Waals surface area contributed by atoms with Gasteiger partial charge in [0.1, 0.15) is 5.82 Å². The molecule has 12 heteroatoms. The summed E-state index contributed by atoms with van der Waals surface area (Å²) in [7, 11) is -3.27. The molecule has 1 aromatic carbocycles.